The molecule has 0 unspecified atom stereocenters. The molecule has 0 saturated carbocycles. The van der Waals surface area contributed by atoms with Gasteiger partial charge in [-0.3, -0.25) is 19.2 Å². The zero-order valence-corrected chi connectivity index (χ0v) is 24.9. The number of hydrogen-bond donors (Lipinski definition) is 2. The number of amides is 3. The molecule has 2 N–H and O–H groups in total. The number of esters is 1. The van der Waals surface area contributed by atoms with Crippen molar-refractivity contribution in [3.05, 3.63) is 89.5 Å². The van der Waals surface area contributed by atoms with Gasteiger partial charge >= 0.3 is 5.97 Å². The van der Waals surface area contributed by atoms with E-state index in [1.165, 1.54) is 9.80 Å². The molecule has 44 heavy (non-hydrogen) atoms. The molecule has 4 aliphatic heterocycles. The van der Waals surface area contributed by atoms with Crippen LogP contribution < -0.4 is 10.2 Å². The fourth-order valence-electron chi connectivity index (χ4n) is 6.85. The highest BCUT2D eigenvalue weighted by atomic mass is 35.5. The van der Waals surface area contributed by atoms with E-state index in [0.29, 0.717) is 22.7 Å². The fraction of sp³-hybridized carbons (Fsp3) is 0.394. The third-order valence-corrected chi connectivity index (χ3v) is 9.13. The van der Waals surface area contributed by atoms with Crippen LogP contribution in [-0.4, -0.2) is 77.2 Å². The number of cyclic esters (lactones) is 1. The second-order valence-corrected chi connectivity index (χ2v) is 11.9. The first kappa shape index (κ1) is 30.1. The Morgan fingerprint density at radius 1 is 1.05 bits per heavy atom. The van der Waals surface area contributed by atoms with Crippen LogP contribution >= 0.6 is 11.6 Å². The summed E-state index contributed by atoms with van der Waals surface area (Å²) in [5.74, 6) is -3.98. The van der Waals surface area contributed by atoms with E-state index in [4.69, 9.17) is 21.1 Å². The second kappa shape index (κ2) is 12.2. The van der Waals surface area contributed by atoms with Crippen LogP contribution in [0.25, 0.3) is 0 Å². The molecule has 2 aromatic rings. The largest absolute Gasteiger partial charge is 0.460 e. The topological polar surface area (TPSA) is 125 Å². The lowest BCUT2D eigenvalue weighted by Crippen LogP contribution is -2.56. The number of fused-ring (bicyclic) bond motifs is 2. The number of aliphatic hydroxyl groups excluding tert-OH is 1. The van der Waals surface area contributed by atoms with Gasteiger partial charge in [-0.25, -0.2) is 0 Å². The van der Waals surface area contributed by atoms with Crippen molar-refractivity contribution in [3.8, 4) is 0 Å². The van der Waals surface area contributed by atoms with E-state index >= 15 is 0 Å². The van der Waals surface area contributed by atoms with Gasteiger partial charge in [0.2, 0.25) is 11.8 Å². The average Bonchev–Trinajstić information content (AvgIpc) is 3.40. The summed E-state index contributed by atoms with van der Waals surface area (Å²) in [4.78, 5) is 58.4. The number of halogens is 1. The van der Waals surface area contributed by atoms with Gasteiger partial charge in [0.1, 0.15) is 23.7 Å². The van der Waals surface area contributed by atoms with Crippen LogP contribution in [0.4, 0.5) is 5.69 Å². The molecule has 11 heteroatoms. The number of aliphatic hydroxyl groups is 1. The summed E-state index contributed by atoms with van der Waals surface area (Å²) in [6, 6.07) is 13.8. The van der Waals surface area contributed by atoms with Crippen molar-refractivity contribution in [2.24, 2.45) is 11.8 Å². The first-order valence-corrected chi connectivity index (χ1v) is 15.2. The molecular weight excluding hydrogens is 586 g/mol. The molecule has 0 aromatic heterocycles. The molecule has 7 atom stereocenters. The fourth-order valence-corrected chi connectivity index (χ4v) is 7.09. The van der Waals surface area contributed by atoms with Crippen LogP contribution in [0.3, 0.4) is 0 Å². The molecule has 2 aromatic carbocycles. The van der Waals surface area contributed by atoms with Gasteiger partial charge in [-0.2, -0.15) is 0 Å². The second-order valence-electron chi connectivity index (χ2n) is 11.5. The Morgan fingerprint density at radius 2 is 1.80 bits per heavy atom. The molecule has 0 radical (unpaired) electrons. The molecule has 6 rings (SSSR count). The Hall–Kier alpha value is -3.99. The zero-order valence-electron chi connectivity index (χ0n) is 24.2. The van der Waals surface area contributed by atoms with Crippen molar-refractivity contribution in [2.45, 2.75) is 49.7 Å². The molecular formula is C33H34ClN3O7. The van der Waals surface area contributed by atoms with Gasteiger partial charge in [0.05, 0.1) is 41.9 Å². The number of nitrogens with one attached hydrogen (secondary N) is 1. The highest BCUT2D eigenvalue weighted by Crippen LogP contribution is 2.55. The van der Waals surface area contributed by atoms with E-state index in [1.807, 2.05) is 6.07 Å². The third-order valence-electron chi connectivity index (χ3n) is 8.81. The minimum Gasteiger partial charge on any atom is -0.460 e. The third kappa shape index (κ3) is 5.10. The summed E-state index contributed by atoms with van der Waals surface area (Å²) in [5.41, 5.74) is -0.458. The molecule has 4 aliphatic rings. The number of carbonyl (C=O) groups is 4. The number of allylic oxidation sites excluding steroid dienone is 1. The Labute approximate surface area is 260 Å². The summed E-state index contributed by atoms with van der Waals surface area (Å²) < 4.78 is 12.5. The highest BCUT2D eigenvalue weighted by molar-refractivity contribution is 6.34. The van der Waals surface area contributed by atoms with Crippen LogP contribution in [0.1, 0.15) is 31.4 Å². The van der Waals surface area contributed by atoms with Crippen LogP contribution in [-0.2, 0) is 28.7 Å². The molecule has 4 heterocycles. The number of hydrogen-bond acceptors (Lipinski definition) is 7. The number of carbonyl (C=O) groups excluding carboxylic acids is 4. The van der Waals surface area contributed by atoms with Gasteiger partial charge in [0.25, 0.3) is 5.91 Å². The maximum atomic E-state index is 14.7. The van der Waals surface area contributed by atoms with Crippen LogP contribution in [0.15, 0.2) is 78.9 Å². The van der Waals surface area contributed by atoms with E-state index in [2.05, 4.69) is 5.32 Å². The molecule has 2 saturated heterocycles. The summed E-state index contributed by atoms with van der Waals surface area (Å²) in [7, 11) is 0. The number of likely N-dealkylation sites (tertiary alicyclic amines) is 1. The molecule has 1 spiro atoms. The summed E-state index contributed by atoms with van der Waals surface area (Å²) in [6.45, 7) is 1.47. The van der Waals surface area contributed by atoms with Crippen LogP contribution in [0, 0.1) is 11.8 Å². The van der Waals surface area contributed by atoms with Crippen molar-refractivity contribution in [2.75, 3.05) is 24.6 Å². The molecule has 0 aliphatic carbocycles. The Balaban J connectivity index is 1.50. The lowest BCUT2D eigenvalue weighted by molar-refractivity contribution is -0.159. The maximum Gasteiger partial charge on any atom is 0.313 e. The van der Waals surface area contributed by atoms with Gasteiger partial charge in [-0.1, -0.05) is 78.4 Å². The molecule has 10 nitrogen and oxygen atoms in total. The first-order chi connectivity index (χ1) is 21.3. The maximum absolute atomic E-state index is 14.7. The van der Waals surface area contributed by atoms with Gasteiger partial charge in [0.15, 0.2) is 0 Å². The van der Waals surface area contributed by atoms with Crippen LogP contribution in [0.2, 0.25) is 5.02 Å². The first-order valence-electron chi connectivity index (χ1n) is 14.8. The van der Waals surface area contributed by atoms with Crippen molar-refractivity contribution in [1.29, 1.82) is 0 Å². The smallest absolute Gasteiger partial charge is 0.313 e. The van der Waals surface area contributed by atoms with E-state index in [1.54, 1.807) is 79.8 Å². The Morgan fingerprint density at radius 3 is 2.55 bits per heavy atom. The minimum absolute atomic E-state index is 0.122. The number of ether oxygens (including phenoxy) is 2. The van der Waals surface area contributed by atoms with Crippen molar-refractivity contribution >= 4 is 41.0 Å². The normalized spacial score (nSPS) is 31.9. The molecule has 0 bridgehead atoms. The molecule has 3 amide bonds. The van der Waals surface area contributed by atoms with Gasteiger partial charge < -0.3 is 29.7 Å². The minimum atomic E-state index is -1.55. The highest BCUT2D eigenvalue weighted by Gasteiger charge is 2.72. The standard InChI is InChI=1S/C33H34ClN3O7/c1-20-18-35-26(39)15-8-7-14-25-27(32(42)43-20)28-30(40)37(24(19-38)21-10-3-2-4-11-21)29-31(41)36(17-9-16-33(28,29)44-25)23-13-6-5-12-22(23)34/h2-7,9-14,16,20,24-25,27-29,38H,8,15,17-19H2,1H3,(H,35,39)/b14-7-/t20-,24-,25-,27+,28+,29-,33+/m1/s1. The van der Waals surface area contributed by atoms with Gasteiger partial charge in [0, 0.05) is 13.0 Å². The monoisotopic (exact) mass is 619 g/mol. The number of rotatable bonds is 4. The summed E-state index contributed by atoms with van der Waals surface area (Å²) >= 11 is 6.55. The van der Waals surface area contributed by atoms with Crippen LogP contribution in [0.5, 0.6) is 0 Å². The van der Waals surface area contributed by atoms with Gasteiger partial charge in [-0.05, 0) is 31.0 Å². The Kier molecular flexibility index (Phi) is 8.32. The number of nitrogens with zero attached hydrogens (tertiary/aromatic N) is 2. The van der Waals surface area contributed by atoms with E-state index in [-0.39, 0.29) is 25.4 Å². The van der Waals surface area contributed by atoms with E-state index in [0.717, 1.165) is 0 Å². The molecule has 230 valence electrons. The number of anilines is 1. The van der Waals surface area contributed by atoms with Crippen molar-refractivity contribution in [3.63, 3.8) is 0 Å². The summed E-state index contributed by atoms with van der Waals surface area (Å²) in [5, 5.41) is 13.8. The number of para-hydroxylation sites is 1. The predicted molar refractivity (Wildman–Crippen MR) is 161 cm³/mol. The quantitative estimate of drug-likeness (QED) is 0.398. The summed E-state index contributed by atoms with van der Waals surface area (Å²) in [6.07, 6.45) is 5.99. The molecule has 2 fully saturated rings. The lowest BCUT2D eigenvalue weighted by atomic mass is 9.78. The lowest BCUT2D eigenvalue weighted by Gasteiger charge is -2.38. The SMILES string of the molecule is C[C@@H]1CNC(=O)CC/C=C\[C@H]2O[C@]34C=CCN(c5ccccc5Cl)C(=O)[C@H]3N([C@H](CO)c3ccccc3)C(=O)[C@@H]4[C@H]2C(=O)O1. The average molecular weight is 620 g/mol. The van der Waals surface area contributed by atoms with Crippen molar-refractivity contribution in [1.82, 2.24) is 10.2 Å². The number of benzene rings is 2. The predicted octanol–water partition coefficient (Wildman–Crippen LogP) is 2.96. The van der Waals surface area contributed by atoms with Gasteiger partial charge in [-0.15, -0.1) is 0 Å². The zero-order chi connectivity index (χ0) is 31.0. The van der Waals surface area contributed by atoms with Crippen molar-refractivity contribution < 1.29 is 33.8 Å². The van der Waals surface area contributed by atoms with E-state index in [9.17, 15) is 24.3 Å². The Bertz CT molecular complexity index is 1510. The van der Waals surface area contributed by atoms with E-state index < -0.39 is 66.1 Å².